The summed E-state index contributed by atoms with van der Waals surface area (Å²) in [5.74, 6) is 0. The topological polar surface area (TPSA) is 53.0 Å². The summed E-state index contributed by atoms with van der Waals surface area (Å²) in [7, 11) is 0. The Labute approximate surface area is 125 Å². The van der Waals surface area contributed by atoms with E-state index in [9.17, 15) is 5.26 Å². The van der Waals surface area contributed by atoms with Gasteiger partial charge in [-0.05, 0) is 49.1 Å². The molecule has 2 N–H and O–H groups in total. The average molecular weight is 277 g/mol. The number of nitrogens with two attached hydrogens (primary N) is 1. The molecule has 0 spiro atoms. The summed E-state index contributed by atoms with van der Waals surface area (Å²) < 4.78 is 0. The highest BCUT2D eigenvalue weighted by Gasteiger charge is 2.30. The molecule has 1 fully saturated rings. The van der Waals surface area contributed by atoms with Gasteiger partial charge >= 0.3 is 0 Å². The van der Waals surface area contributed by atoms with Crippen molar-refractivity contribution in [2.45, 2.75) is 32.4 Å². The highest BCUT2D eigenvalue weighted by Crippen LogP contribution is 2.35. The van der Waals surface area contributed by atoms with Crippen LogP contribution in [0.1, 0.15) is 29.5 Å². The Hall–Kier alpha value is -2.47. The summed E-state index contributed by atoms with van der Waals surface area (Å²) >= 11 is 0. The number of benzene rings is 2. The third-order valence-corrected chi connectivity index (χ3v) is 3.97. The summed E-state index contributed by atoms with van der Waals surface area (Å²) in [5, 5.41) is 9.41. The summed E-state index contributed by atoms with van der Waals surface area (Å²) in [6, 6.07) is 16.9. The van der Waals surface area contributed by atoms with Gasteiger partial charge in [0.05, 0.1) is 11.3 Å². The average Bonchev–Trinajstić information content (AvgIpc) is 3.31. The number of nitrogens with zero attached hydrogens (tertiary/aromatic N) is 2. The molecular weight excluding hydrogens is 258 g/mol. The minimum atomic E-state index is 0.527. The fraction of sp³-hybridized carbons (Fsp3) is 0.278. The fourth-order valence-corrected chi connectivity index (χ4v) is 2.65. The molecule has 2 aromatic carbocycles. The Bertz CT molecular complexity index is 696. The number of hydrogen-bond donors (Lipinski definition) is 1. The second-order valence-corrected chi connectivity index (χ2v) is 5.69. The van der Waals surface area contributed by atoms with Gasteiger partial charge in [-0.2, -0.15) is 5.26 Å². The maximum atomic E-state index is 9.41. The summed E-state index contributed by atoms with van der Waals surface area (Å²) in [6.45, 7) is 2.77. The monoisotopic (exact) mass is 277 g/mol. The molecule has 0 amide bonds. The van der Waals surface area contributed by atoms with Crippen molar-refractivity contribution in [2.75, 3.05) is 10.6 Å². The minimum absolute atomic E-state index is 0.527. The van der Waals surface area contributed by atoms with Gasteiger partial charge in [0, 0.05) is 18.3 Å². The third kappa shape index (κ3) is 2.85. The highest BCUT2D eigenvalue weighted by atomic mass is 15.2. The van der Waals surface area contributed by atoms with E-state index in [-0.39, 0.29) is 0 Å². The van der Waals surface area contributed by atoms with E-state index in [1.807, 2.05) is 31.2 Å². The number of hydrogen-bond acceptors (Lipinski definition) is 3. The highest BCUT2D eigenvalue weighted by molar-refractivity contribution is 5.62. The molecule has 106 valence electrons. The van der Waals surface area contributed by atoms with E-state index in [1.165, 1.54) is 12.8 Å². The first-order valence-corrected chi connectivity index (χ1v) is 7.30. The smallest absolute Gasteiger partial charge is 0.101 e. The Kier molecular flexibility index (Phi) is 3.53. The molecule has 1 aliphatic carbocycles. The van der Waals surface area contributed by atoms with Crippen LogP contribution >= 0.6 is 0 Å². The molecule has 3 rings (SSSR count). The van der Waals surface area contributed by atoms with Crippen LogP contribution in [0.15, 0.2) is 42.5 Å². The van der Waals surface area contributed by atoms with Crippen LogP contribution in [-0.2, 0) is 6.54 Å². The first-order chi connectivity index (χ1) is 10.2. The molecule has 0 saturated heterocycles. The second kappa shape index (κ2) is 5.49. The van der Waals surface area contributed by atoms with Crippen LogP contribution in [0.25, 0.3) is 0 Å². The van der Waals surface area contributed by atoms with Gasteiger partial charge in [0.2, 0.25) is 0 Å². The van der Waals surface area contributed by atoms with Gasteiger partial charge in [-0.1, -0.05) is 24.3 Å². The molecule has 0 aromatic heterocycles. The van der Waals surface area contributed by atoms with Crippen molar-refractivity contribution in [3.63, 3.8) is 0 Å². The van der Waals surface area contributed by atoms with E-state index in [0.717, 1.165) is 34.6 Å². The number of anilines is 2. The largest absolute Gasteiger partial charge is 0.398 e. The molecule has 21 heavy (non-hydrogen) atoms. The van der Waals surface area contributed by atoms with Gasteiger partial charge in [-0.15, -0.1) is 0 Å². The first-order valence-electron chi connectivity index (χ1n) is 7.30. The minimum Gasteiger partial charge on any atom is -0.398 e. The second-order valence-electron chi connectivity index (χ2n) is 5.69. The molecule has 3 nitrogen and oxygen atoms in total. The van der Waals surface area contributed by atoms with E-state index in [1.54, 1.807) is 0 Å². The van der Waals surface area contributed by atoms with Crippen molar-refractivity contribution in [3.05, 3.63) is 59.2 Å². The van der Waals surface area contributed by atoms with E-state index in [4.69, 9.17) is 5.73 Å². The summed E-state index contributed by atoms with van der Waals surface area (Å²) in [4.78, 5) is 2.32. The van der Waals surface area contributed by atoms with E-state index in [2.05, 4.69) is 29.2 Å². The lowest BCUT2D eigenvalue weighted by atomic mass is 10.1. The first kappa shape index (κ1) is 13.5. The van der Waals surface area contributed by atoms with Crippen molar-refractivity contribution >= 4 is 11.4 Å². The van der Waals surface area contributed by atoms with Gasteiger partial charge in [0.1, 0.15) is 6.07 Å². The van der Waals surface area contributed by atoms with Gasteiger partial charge in [0.25, 0.3) is 0 Å². The van der Waals surface area contributed by atoms with Crippen molar-refractivity contribution in [3.8, 4) is 6.07 Å². The molecule has 2 aromatic rings. The van der Waals surface area contributed by atoms with Crippen molar-refractivity contribution < 1.29 is 0 Å². The van der Waals surface area contributed by atoms with Crippen molar-refractivity contribution in [1.82, 2.24) is 0 Å². The number of nitrogen functional groups attached to an aromatic ring is 1. The standard InChI is InChI=1S/C18H19N3/c1-13-6-9-18(15(10-13)11-19)21(16-7-8-16)12-14-4-2-3-5-17(14)20/h2-6,9-10,16H,7-8,12,20H2,1H3. The lowest BCUT2D eigenvalue weighted by molar-refractivity contribution is 0.794. The predicted molar refractivity (Wildman–Crippen MR) is 86.0 cm³/mol. The quantitative estimate of drug-likeness (QED) is 0.868. The SMILES string of the molecule is Cc1ccc(N(Cc2ccccc2N)C2CC2)c(C#N)c1. The van der Waals surface area contributed by atoms with E-state index >= 15 is 0 Å². The predicted octanol–water partition coefficient (Wildman–Crippen LogP) is 3.62. The Balaban J connectivity index is 1.96. The Morgan fingerprint density at radius 3 is 2.67 bits per heavy atom. The third-order valence-electron chi connectivity index (χ3n) is 3.97. The van der Waals surface area contributed by atoms with E-state index < -0.39 is 0 Å². The lowest BCUT2D eigenvalue weighted by Gasteiger charge is -2.26. The fourth-order valence-electron chi connectivity index (χ4n) is 2.65. The molecule has 3 heteroatoms. The Morgan fingerprint density at radius 2 is 2.00 bits per heavy atom. The number of aryl methyl sites for hydroxylation is 1. The van der Waals surface area contributed by atoms with Crippen molar-refractivity contribution in [2.24, 2.45) is 0 Å². The van der Waals surface area contributed by atoms with Crippen LogP contribution in [0.5, 0.6) is 0 Å². The normalized spacial score (nSPS) is 13.7. The van der Waals surface area contributed by atoms with Crippen LogP contribution in [0.4, 0.5) is 11.4 Å². The molecule has 1 saturated carbocycles. The van der Waals surface area contributed by atoms with Crippen LogP contribution in [0.2, 0.25) is 0 Å². The molecule has 0 atom stereocenters. The molecule has 1 aliphatic rings. The number of rotatable bonds is 4. The molecule has 0 radical (unpaired) electrons. The van der Waals surface area contributed by atoms with Crippen molar-refractivity contribution in [1.29, 1.82) is 5.26 Å². The zero-order valence-electron chi connectivity index (χ0n) is 12.2. The Morgan fingerprint density at radius 1 is 1.24 bits per heavy atom. The maximum Gasteiger partial charge on any atom is 0.101 e. The molecule has 0 heterocycles. The van der Waals surface area contributed by atoms with E-state index in [0.29, 0.717) is 6.04 Å². The number of nitriles is 1. The summed E-state index contributed by atoms with van der Waals surface area (Å²) in [6.07, 6.45) is 2.37. The van der Waals surface area contributed by atoms with Gasteiger partial charge < -0.3 is 10.6 Å². The van der Waals surface area contributed by atoms with Gasteiger partial charge in [0.15, 0.2) is 0 Å². The van der Waals surface area contributed by atoms with Crippen LogP contribution in [0.3, 0.4) is 0 Å². The zero-order valence-corrected chi connectivity index (χ0v) is 12.2. The van der Waals surface area contributed by atoms with Crippen LogP contribution in [0, 0.1) is 18.3 Å². The van der Waals surface area contributed by atoms with Gasteiger partial charge in [-0.25, -0.2) is 0 Å². The molecule has 0 aliphatic heterocycles. The zero-order chi connectivity index (χ0) is 14.8. The molecular formula is C18H19N3. The van der Waals surface area contributed by atoms with Gasteiger partial charge in [-0.3, -0.25) is 0 Å². The molecule has 0 bridgehead atoms. The summed E-state index contributed by atoms with van der Waals surface area (Å²) in [5.41, 5.74) is 10.9. The van der Waals surface area contributed by atoms with Crippen LogP contribution < -0.4 is 10.6 Å². The van der Waals surface area contributed by atoms with Crippen LogP contribution in [-0.4, -0.2) is 6.04 Å². The lowest BCUT2D eigenvalue weighted by Crippen LogP contribution is -2.26. The maximum absolute atomic E-state index is 9.41. The molecule has 0 unspecified atom stereocenters. The number of para-hydroxylation sites is 1.